The molecule has 1 aliphatic rings. The lowest BCUT2D eigenvalue weighted by Crippen LogP contribution is -2.43. The summed E-state index contributed by atoms with van der Waals surface area (Å²) in [7, 11) is 0. The van der Waals surface area contributed by atoms with E-state index in [1.165, 1.54) is 0 Å². The third-order valence-electron chi connectivity index (χ3n) is 2.54. The highest BCUT2D eigenvalue weighted by Crippen LogP contribution is 2.11. The first kappa shape index (κ1) is 15.2. The van der Waals surface area contributed by atoms with Crippen LogP contribution in [0.5, 0.6) is 0 Å². The molecule has 1 fully saturated rings. The number of ether oxygens (including phenoxy) is 1. The van der Waals surface area contributed by atoms with Crippen LogP contribution in [0.2, 0.25) is 0 Å². The molecule has 0 aromatic heterocycles. The zero-order valence-electron chi connectivity index (χ0n) is 11.7. The van der Waals surface area contributed by atoms with E-state index in [4.69, 9.17) is 11.2 Å². The van der Waals surface area contributed by atoms with Gasteiger partial charge in [-0.05, 0) is 27.2 Å². The predicted molar refractivity (Wildman–Crippen MR) is 71.6 cm³/mol. The second-order valence-electron chi connectivity index (χ2n) is 5.44. The number of nitrogens with one attached hydrogen (secondary N) is 2. The topological polar surface area (TPSA) is 70.7 Å². The van der Waals surface area contributed by atoms with Gasteiger partial charge in [0.2, 0.25) is 0 Å². The van der Waals surface area contributed by atoms with Crippen LogP contribution in [0.4, 0.5) is 9.59 Å². The molecule has 1 heterocycles. The zero-order valence-corrected chi connectivity index (χ0v) is 11.7. The summed E-state index contributed by atoms with van der Waals surface area (Å²) in [5, 5.41) is 5.35. The van der Waals surface area contributed by atoms with Crippen LogP contribution in [0.1, 0.15) is 27.2 Å². The van der Waals surface area contributed by atoms with Crippen LogP contribution in [0, 0.1) is 12.3 Å². The second kappa shape index (κ2) is 6.32. The predicted octanol–water partition coefficient (Wildman–Crippen LogP) is 0.928. The van der Waals surface area contributed by atoms with Gasteiger partial charge in [-0.1, -0.05) is 5.92 Å². The summed E-state index contributed by atoms with van der Waals surface area (Å²) in [6, 6.07) is -0.280. The van der Waals surface area contributed by atoms with Gasteiger partial charge in [-0.25, -0.2) is 9.59 Å². The molecule has 3 amide bonds. The quantitative estimate of drug-likeness (QED) is 0.731. The van der Waals surface area contributed by atoms with Crippen molar-refractivity contribution in [1.29, 1.82) is 0 Å². The summed E-state index contributed by atoms with van der Waals surface area (Å²) in [5.41, 5.74) is -0.521. The molecular formula is C13H21N3O3. The molecule has 1 atom stereocenters. The number of alkyl carbamates (subject to hydrolysis) is 1. The number of amides is 3. The Morgan fingerprint density at radius 3 is 2.74 bits per heavy atom. The highest BCUT2D eigenvalue weighted by molar-refractivity contribution is 5.75. The molecule has 0 bridgehead atoms. The Bertz CT molecular complexity index is 382. The Morgan fingerprint density at radius 2 is 2.16 bits per heavy atom. The number of terminal acetylenes is 1. The molecule has 6 nitrogen and oxygen atoms in total. The van der Waals surface area contributed by atoms with E-state index < -0.39 is 11.7 Å². The van der Waals surface area contributed by atoms with Gasteiger partial charge in [-0.15, -0.1) is 6.42 Å². The van der Waals surface area contributed by atoms with Crippen molar-refractivity contribution in [2.24, 2.45) is 0 Å². The lowest BCUT2D eigenvalue weighted by molar-refractivity contribution is 0.0506. The van der Waals surface area contributed by atoms with Gasteiger partial charge in [0.1, 0.15) is 5.60 Å². The summed E-state index contributed by atoms with van der Waals surface area (Å²) < 4.78 is 5.16. The van der Waals surface area contributed by atoms with Crippen LogP contribution >= 0.6 is 0 Å². The molecule has 0 aromatic rings. The molecule has 1 saturated heterocycles. The second-order valence-corrected chi connectivity index (χ2v) is 5.44. The lowest BCUT2D eigenvalue weighted by atomic mass is 10.2. The van der Waals surface area contributed by atoms with E-state index >= 15 is 0 Å². The van der Waals surface area contributed by atoms with Crippen LogP contribution in [0.15, 0.2) is 0 Å². The van der Waals surface area contributed by atoms with Crippen molar-refractivity contribution in [3.05, 3.63) is 0 Å². The molecule has 19 heavy (non-hydrogen) atoms. The number of carbonyl (C=O) groups excluding carboxylic acids is 2. The Labute approximate surface area is 113 Å². The molecule has 0 aliphatic carbocycles. The summed E-state index contributed by atoms with van der Waals surface area (Å²) in [6.45, 7) is 6.69. The van der Waals surface area contributed by atoms with Crippen LogP contribution in [0.25, 0.3) is 0 Å². The molecule has 0 unspecified atom stereocenters. The number of rotatable bonds is 2. The molecule has 0 saturated carbocycles. The smallest absolute Gasteiger partial charge is 0.407 e. The van der Waals surface area contributed by atoms with Gasteiger partial charge in [-0.2, -0.15) is 0 Å². The number of nitrogens with zero attached hydrogens (tertiary/aromatic N) is 1. The minimum atomic E-state index is -0.521. The summed E-state index contributed by atoms with van der Waals surface area (Å²) >= 11 is 0. The first-order valence-electron chi connectivity index (χ1n) is 6.27. The molecule has 6 heteroatoms. The molecule has 0 radical (unpaired) electrons. The number of carbonyl (C=O) groups is 2. The molecule has 1 rings (SSSR count). The lowest BCUT2D eigenvalue weighted by Gasteiger charge is -2.22. The number of urea groups is 1. The molecule has 2 N–H and O–H groups in total. The minimum Gasteiger partial charge on any atom is -0.444 e. The number of hydrogen-bond donors (Lipinski definition) is 2. The van der Waals surface area contributed by atoms with E-state index in [0.717, 1.165) is 0 Å². The van der Waals surface area contributed by atoms with Gasteiger partial charge in [-0.3, -0.25) is 0 Å². The Morgan fingerprint density at radius 1 is 1.47 bits per heavy atom. The maximum atomic E-state index is 11.6. The van der Waals surface area contributed by atoms with Gasteiger partial charge >= 0.3 is 12.1 Å². The van der Waals surface area contributed by atoms with Crippen LogP contribution in [-0.2, 0) is 4.74 Å². The highest BCUT2D eigenvalue weighted by atomic mass is 16.6. The maximum absolute atomic E-state index is 11.6. The SMILES string of the molecule is C#CCNC(=O)N1CC[C@@H](NC(=O)OC(C)(C)C)C1. The van der Waals surface area contributed by atoms with Crippen LogP contribution in [-0.4, -0.2) is 48.3 Å². The first-order chi connectivity index (χ1) is 8.81. The summed E-state index contributed by atoms with van der Waals surface area (Å²) in [5.74, 6) is 2.34. The maximum Gasteiger partial charge on any atom is 0.407 e. The van der Waals surface area contributed by atoms with Gasteiger partial charge < -0.3 is 20.3 Å². The number of likely N-dealkylation sites (tertiary alicyclic amines) is 1. The van der Waals surface area contributed by atoms with Gasteiger partial charge in [0.05, 0.1) is 12.6 Å². The summed E-state index contributed by atoms with van der Waals surface area (Å²) in [6.07, 6.45) is 5.33. The fraction of sp³-hybridized carbons (Fsp3) is 0.692. The van der Waals surface area contributed by atoms with Crippen molar-refractivity contribution in [3.63, 3.8) is 0 Å². The monoisotopic (exact) mass is 267 g/mol. The van der Waals surface area contributed by atoms with E-state index in [0.29, 0.717) is 19.5 Å². The van der Waals surface area contributed by atoms with E-state index in [9.17, 15) is 9.59 Å². The van der Waals surface area contributed by atoms with E-state index in [1.807, 2.05) is 0 Å². The van der Waals surface area contributed by atoms with Crippen molar-refractivity contribution in [3.8, 4) is 12.3 Å². The molecule has 1 aliphatic heterocycles. The Balaban J connectivity index is 2.34. The van der Waals surface area contributed by atoms with Crippen LogP contribution < -0.4 is 10.6 Å². The van der Waals surface area contributed by atoms with Gasteiger partial charge in [0.25, 0.3) is 0 Å². The van der Waals surface area contributed by atoms with Gasteiger partial charge in [0, 0.05) is 13.1 Å². The Kier molecular flexibility index (Phi) is 5.04. The molecule has 106 valence electrons. The van der Waals surface area contributed by atoms with Crippen molar-refractivity contribution in [2.45, 2.75) is 38.8 Å². The standard InChI is InChI=1S/C13H21N3O3/c1-5-7-14-11(17)16-8-6-10(9-16)15-12(18)19-13(2,3)4/h1,10H,6-9H2,2-4H3,(H,14,17)(H,15,18)/t10-/m1/s1. The van der Waals surface area contributed by atoms with E-state index in [1.54, 1.807) is 25.7 Å². The third-order valence-corrected chi connectivity index (χ3v) is 2.54. The van der Waals surface area contributed by atoms with Crippen LogP contribution in [0.3, 0.4) is 0 Å². The number of hydrogen-bond acceptors (Lipinski definition) is 3. The van der Waals surface area contributed by atoms with Crippen molar-refractivity contribution in [1.82, 2.24) is 15.5 Å². The van der Waals surface area contributed by atoms with Gasteiger partial charge in [0.15, 0.2) is 0 Å². The fourth-order valence-corrected chi connectivity index (χ4v) is 1.78. The largest absolute Gasteiger partial charge is 0.444 e. The molecule has 0 spiro atoms. The highest BCUT2D eigenvalue weighted by Gasteiger charge is 2.28. The van der Waals surface area contributed by atoms with E-state index in [2.05, 4.69) is 16.6 Å². The minimum absolute atomic E-state index is 0.0774. The zero-order chi connectivity index (χ0) is 14.5. The molecular weight excluding hydrogens is 246 g/mol. The van der Waals surface area contributed by atoms with Crippen molar-refractivity contribution >= 4 is 12.1 Å². The van der Waals surface area contributed by atoms with Crippen molar-refractivity contribution < 1.29 is 14.3 Å². The average molecular weight is 267 g/mol. The third kappa shape index (κ3) is 5.51. The first-order valence-corrected chi connectivity index (χ1v) is 6.27. The Hall–Kier alpha value is -1.90. The average Bonchev–Trinajstić information content (AvgIpc) is 2.71. The summed E-state index contributed by atoms with van der Waals surface area (Å²) in [4.78, 5) is 24.8. The fourth-order valence-electron chi connectivity index (χ4n) is 1.78. The van der Waals surface area contributed by atoms with E-state index in [-0.39, 0.29) is 18.6 Å². The molecule has 0 aromatic carbocycles. The van der Waals surface area contributed by atoms with Crippen molar-refractivity contribution in [2.75, 3.05) is 19.6 Å². The normalized spacial score (nSPS) is 18.6.